The summed E-state index contributed by atoms with van der Waals surface area (Å²) >= 11 is 0. The van der Waals surface area contributed by atoms with E-state index in [1.54, 1.807) is 4.90 Å². The van der Waals surface area contributed by atoms with Gasteiger partial charge in [0.05, 0.1) is 0 Å². The maximum atomic E-state index is 11.8. The number of nitrogens with zero attached hydrogens (tertiary/aromatic N) is 1. The molecule has 6 nitrogen and oxygen atoms in total. The molecule has 1 amide bonds. The van der Waals surface area contributed by atoms with Gasteiger partial charge < -0.3 is 10.6 Å². The summed E-state index contributed by atoms with van der Waals surface area (Å²) in [6, 6.07) is 0. The van der Waals surface area contributed by atoms with Crippen molar-refractivity contribution in [3.63, 3.8) is 0 Å². The van der Waals surface area contributed by atoms with Gasteiger partial charge in [0.1, 0.15) is 5.25 Å². The monoisotopic (exact) mass is 289 g/mol. The van der Waals surface area contributed by atoms with Crippen molar-refractivity contribution < 1.29 is 13.2 Å². The van der Waals surface area contributed by atoms with E-state index in [4.69, 9.17) is 10.9 Å². The molecule has 1 aliphatic carbocycles. The van der Waals surface area contributed by atoms with Crippen LogP contribution in [0.25, 0.3) is 0 Å². The van der Waals surface area contributed by atoms with E-state index in [1.165, 1.54) is 6.42 Å². The van der Waals surface area contributed by atoms with Crippen LogP contribution in [0.15, 0.2) is 0 Å². The molecular weight excluding hydrogens is 266 g/mol. The molecule has 0 aromatic carbocycles. The SMILES string of the molecule is NC[C@@H]1CCC[C@H](CN2CC(S(N)(=O)=O)CC2=O)C1. The van der Waals surface area contributed by atoms with Gasteiger partial charge in [0.2, 0.25) is 15.9 Å². The van der Waals surface area contributed by atoms with Crippen LogP contribution >= 0.6 is 0 Å². The van der Waals surface area contributed by atoms with Crippen LogP contribution in [0.5, 0.6) is 0 Å². The van der Waals surface area contributed by atoms with Gasteiger partial charge in [-0.3, -0.25) is 4.79 Å². The number of rotatable bonds is 4. The molecule has 2 fully saturated rings. The van der Waals surface area contributed by atoms with Crippen molar-refractivity contribution in [3.05, 3.63) is 0 Å². The number of carbonyl (C=O) groups excluding carboxylic acids is 1. The summed E-state index contributed by atoms with van der Waals surface area (Å²) < 4.78 is 22.6. The van der Waals surface area contributed by atoms with E-state index in [-0.39, 0.29) is 18.9 Å². The Morgan fingerprint density at radius 2 is 1.95 bits per heavy atom. The zero-order chi connectivity index (χ0) is 14.0. The molecule has 19 heavy (non-hydrogen) atoms. The maximum absolute atomic E-state index is 11.8. The normalized spacial score (nSPS) is 32.8. The number of carbonyl (C=O) groups is 1. The van der Waals surface area contributed by atoms with Crippen LogP contribution in [0.4, 0.5) is 0 Å². The Bertz CT molecular complexity index is 438. The molecule has 1 saturated heterocycles. The van der Waals surface area contributed by atoms with Crippen molar-refractivity contribution >= 4 is 15.9 Å². The van der Waals surface area contributed by atoms with E-state index in [0.717, 1.165) is 19.3 Å². The summed E-state index contributed by atoms with van der Waals surface area (Å²) in [6.07, 6.45) is 4.49. The zero-order valence-electron chi connectivity index (χ0n) is 11.1. The van der Waals surface area contributed by atoms with Crippen molar-refractivity contribution in [3.8, 4) is 0 Å². The highest BCUT2D eigenvalue weighted by molar-refractivity contribution is 7.89. The zero-order valence-corrected chi connectivity index (χ0v) is 11.9. The average molecular weight is 289 g/mol. The molecule has 0 radical (unpaired) electrons. The topological polar surface area (TPSA) is 106 Å². The molecule has 0 aromatic heterocycles. The molecule has 3 atom stereocenters. The second-order valence-electron chi connectivity index (χ2n) is 5.85. The van der Waals surface area contributed by atoms with Crippen LogP contribution in [-0.4, -0.2) is 44.1 Å². The van der Waals surface area contributed by atoms with Gasteiger partial charge in [-0.1, -0.05) is 6.42 Å². The van der Waals surface area contributed by atoms with Gasteiger partial charge in [-0.2, -0.15) is 0 Å². The number of hydrogen-bond acceptors (Lipinski definition) is 4. The Balaban J connectivity index is 1.91. The first kappa shape index (κ1) is 14.7. The number of nitrogens with two attached hydrogens (primary N) is 2. The molecule has 1 heterocycles. The molecule has 0 aromatic rings. The molecule has 0 bridgehead atoms. The predicted octanol–water partition coefficient (Wildman–Crippen LogP) is -0.359. The van der Waals surface area contributed by atoms with Crippen molar-refractivity contribution in [1.29, 1.82) is 0 Å². The molecule has 7 heteroatoms. The fourth-order valence-corrected chi connectivity index (χ4v) is 3.99. The van der Waals surface area contributed by atoms with Crippen molar-refractivity contribution in [2.75, 3.05) is 19.6 Å². The lowest BCUT2D eigenvalue weighted by atomic mass is 9.81. The van der Waals surface area contributed by atoms with Crippen LogP contribution in [0.2, 0.25) is 0 Å². The first-order valence-electron chi connectivity index (χ1n) is 6.89. The van der Waals surface area contributed by atoms with Gasteiger partial charge >= 0.3 is 0 Å². The second kappa shape index (κ2) is 5.76. The summed E-state index contributed by atoms with van der Waals surface area (Å²) in [6.45, 7) is 1.60. The summed E-state index contributed by atoms with van der Waals surface area (Å²) in [4.78, 5) is 13.5. The van der Waals surface area contributed by atoms with E-state index < -0.39 is 15.3 Å². The minimum absolute atomic E-state index is 0.0336. The number of hydrogen-bond donors (Lipinski definition) is 2. The molecule has 0 spiro atoms. The Morgan fingerprint density at radius 1 is 1.26 bits per heavy atom. The molecule has 4 N–H and O–H groups in total. The van der Waals surface area contributed by atoms with Gasteiger partial charge in [0.15, 0.2) is 0 Å². The number of sulfonamides is 1. The minimum atomic E-state index is -3.61. The summed E-state index contributed by atoms with van der Waals surface area (Å²) in [5.41, 5.74) is 5.70. The highest BCUT2D eigenvalue weighted by atomic mass is 32.2. The molecule has 1 saturated carbocycles. The molecule has 1 aliphatic heterocycles. The third kappa shape index (κ3) is 3.67. The van der Waals surface area contributed by atoms with E-state index in [1.807, 2.05) is 0 Å². The van der Waals surface area contributed by atoms with Gasteiger partial charge in [-0.25, -0.2) is 13.6 Å². The van der Waals surface area contributed by atoms with Gasteiger partial charge in [-0.15, -0.1) is 0 Å². The minimum Gasteiger partial charge on any atom is -0.341 e. The number of amides is 1. The Hall–Kier alpha value is -0.660. The smallest absolute Gasteiger partial charge is 0.224 e. The summed E-state index contributed by atoms with van der Waals surface area (Å²) in [5.74, 6) is 0.907. The van der Waals surface area contributed by atoms with Gasteiger partial charge in [-0.05, 0) is 37.6 Å². The Labute approximate surface area is 114 Å². The largest absolute Gasteiger partial charge is 0.341 e. The Morgan fingerprint density at radius 3 is 2.53 bits per heavy atom. The van der Waals surface area contributed by atoms with Crippen LogP contribution in [-0.2, 0) is 14.8 Å². The fraction of sp³-hybridized carbons (Fsp3) is 0.917. The quantitative estimate of drug-likeness (QED) is 0.737. The third-order valence-corrected chi connectivity index (χ3v) is 5.59. The molecule has 110 valence electrons. The van der Waals surface area contributed by atoms with Crippen molar-refractivity contribution in [1.82, 2.24) is 4.90 Å². The standard InChI is InChI=1S/C12H23N3O3S/c13-6-9-2-1-3-10(4-9)7-15-8-11(5-12(15)16)19(14,17)18/h9-11H,1-8,13H2,(H2,14,17,18)/t9-,10+,11?/m1/s1. The third-order valence-electron chi connectivity index (χ3n) is 4.35. The Kier molecular flexibility index (Phi) is 4.47. The molecule has 1 unspecified atom stereocenters. The second-order valence-corrected chi connectivity index (χ2v) is 7.69. The maximum Gasteiger partial charge on any atom is 0.224 e. The number of primary sulfonamides is 1. The molecule has 2 rings (SSSR count). The molecule has 2 aliphatic rings. The van der Waals surface area contributed by atoms with Crippen LogP contribution in [0.1, 0.15) is 32.1 Å². The van der Waals surface area contributed by atoms with E-state index in [0.29, 0.717) is 24.9 Å². The number of likely N-dealkylation sites (tertiary alicyclic amines) is 1. The summed E-state index contributed by atoms with van der Waals surface area (Å²) in [5, 5.41) is 4.39. The first-order chi connectivity index (χ1) is 8.90. The lowest BCUT2D eigenvalue weighted by Crippen LogP contribution is -2.36. The van der Waals surface area contributed by atoms with E-state index in [2.05, 4.69) is 0 Å². The average Bonchev–Trinajstić information content (AvgIpc) is 2.71. The van der Waals surface area contributed by atoms with Crippen LogP contribution in [0.3, 0.4) is 0 Å². The van der Waals surface area contributed by atoms with E-state index in [9.17, 15) is 13.2 Å². The van der Waals surface area contributed by atoms with Crippen molar-refractivity contribution in [2.24, 2.45) is 22.7 Å². The lowest BCUT2D eigenvalue weighted by Gasteiger charge is -2.31. The van der Waals surface area contributed by atoms with E-state index >= 15 is 0 Å². The van der Waals surface area contributed by atoms with Gasteiger partial charge in [0.25, 0.3) is 0 Å². The van der Waals surface area contributed by atoms with Crippen LogP contribution < -0.4 is 10.9 Å². The molecular formula is C12H23N3O3S. The van der Waals surface area contributed by atoms with Crippen LogP contribution in [0, 0.1) is 11.8 Å². The van der Waals surface area contributed by atoms with Crippen molar-refractivity contribution in [2.45, 2.75) is 37.4 Å². The lowest BCUT2D eigenvalue weighted by molar-refractivity contribution is -0.128. The highest BCUT2D eigenvalue weighted by Gasteiger charge is 2.37. The highest BCUT2D eigenvalue weighted by Crippen LogP contribution is 2.30. The first-order valence-corrected chi connectivity index (χ1v) is 8.50. The predicted molar refractivity (Wildman–Crippen MR) is 72.6 cm³/mol. The van der Waals surface area contributed by atoms with Gasteiger partial charge in [0, 0.05) is 19.5 Å². The summed E-state index contributed by atoms with van der Waals surface area (Å²) in [7, 11) is -3.61. The fourth-order valence-electron chi connectivity index (χ4n) is 3.23.